The maximum atomic E-state index is 11.9. The van der Waals surface area contributed by atoms with Crippen LogP contribution in [0.5, 0.6) is 0 Å². The molecule has 1 aliphatic carbocycles. The largest absolute Gasteiger partial charge is 0.411 e. The van der Waals surface area contributed by atoms with Gasteiger partial charge in [-0.2, -0.15) is 13.2 Å². The van der Waals surface area contributed by atoms with Gasteiger partial charge >= 0.3 is 6.18 Å². The second-order valence-corrected chi connectivity index (χ2v) is 4.80. The molecular weight excluding hydrogens is 231 g/mol. The highest BCUT2D eigenvalue weighted by Crippen LogP contribution is 2.33. The molecule has 0 aliphatic heterocycles. The Balaban J connectivity index is 2.13. The minimum absolute atomic E-state index is 0.0675. The van der Waals surface area contributed by atoms with Crippen molar-refractivity contribution in [1.82, 2.24) is 5.32 Å². The van der Waals surface area contributed by atoms with Gasteiger partial charge in [-0.3, -0.25) is 0 Å². The summed E-state index contributed by atoms with van der Waals surface area (Å²) in [6, 6.07) is 0.0675. The smallest absolute Gasteiger partial charge is 0.370 e. The fourth-order valence-electron chi connectivity index (χ4n) is 1.75. The summed E-state index contributed by atoms with van der Waals surface area (Å²) < 4.78 is 40.5. The number of ether oxygens (including phenoxy) is 1. The lowest BCUT2D eigenvalue weighted by Crippen LogP contribution is -2.35. The zero-order chi connectivity index (χ0) is 12.7. The van der Waals surface area contributed by atoms with Crippen LogP contribution in [-0.2, 0) is 4.74 Å². The van der Waals surface area contributed by atoms with Crippen molar-refractivity contribution in [1.29, 1.82) is 0 Å². The van der Waals surface area contributed by atoms with Gasteiger partial charge < -0.3 is 10.1 Å². The molecule has 1 saturated carbocycles. The van der Waals surface area contributed by atoms with Crippen molar-refractivity contribution in [3.8, 4) is 0 Å². The van der Waals surface area contributed by atoms with Crippen LogP contribution in [0.25, 0.3) is 0 Å². The first-order chi connectivity index (χ1) is 8.01. The molecule has 0 aromatic heterocycles. The van der Waals surface area contributed by atoms with E-state index in [1.165, 1.54) is 12.8 Å². The summed E-state index contributed by atoms with van der Waals surface area (Å²) in [5.74, 6) is 0.809. The Morgan fingerprint density at radius 1 is 1.35 bits per heavy atom. The molecule has 1 aliphatic rings. The Labute approximate surface area is 101 Å². The van der Waals surface area contributed by atoms with Crippen LogP contribution in [0.15, 0.2) is 0 Å². The normalized spacial score (nSPS) is 18.4. The van der Waals surface area contributed by atoms with Crippen LogP contribution in [0.2, 0.25) is 0 Å². The quantitative estimate of drug-likeness (QED) is 0.681. The van der Waals surface area contributed by atoms with E-state index >= 15 is 0 Å². The van der Waals surface area contributed by atoms with Crippen LogP contribution < -0.4 is 5.32 Å². The average molecular weight is 253 g/mol. The highest BCUT2D eigenvalue weighted by Gasteiger charge is 2.28. The van der Waals surface area contributed by atoms with Crippen molar-refractivity contribution in [2.75, 3.05) is 19.8 Å². The molecule has 0 spiro atoms. The summed E-state index contributed by atoms with van der Waals surface area (Å²) in [7, 11) is 0. The molecule has 1 N–H and O–H groups in total. The Bertz CT molecular complexity index is 204. The predicted octanol–water partition coefficient (Wildman–Crippen LogP) is 3.12. The van der Waals surface area contributed by atoms with E-state index in [1.807, 2.05) is 6.92 Å². The zero-order valence-electron chi connectivity index (χ0n) is 10.4. The lowest BCUT2D eigenvalue weighted by molar-refractivity contribution is -0.175. The van der Waals surface area contributed by atoms with Crippen LogP contribution in [0, 0.1) is 5.92 Å². The molecule has 0 amide bonds. The predicted molar refractivity (Wildman–Crippen MR) is 60.9 cm³/mol. The third-order valence-corrected chi connectivity index (χ3v) is 2.89. The first-order valence-electron chi connectivity index (χ1n) is 6.39. The summed E-state index contributed by atoms with van der Waals surface area (Å²) in [5.41, 5.74) is 0. The van der Waals surface area contributed by atoms with Gasteiger partial charge in [-0.15, -0.1) is 0 Å². The first kappa shape index (κ1) is 14.8. The topological polar surface area (TPSA) is 21.3 Å². The van der Waals surface area contributed by atoms with Crippen molar-refractivity contribution < 1.29 is 17.9 Å². The van der Waals surface area contributed by atoms with Gasteiger partial charge in [0.1, 0.15) is 6.61 Å². The van der Waals surface area contributed by atoms with Crippen LogP contribution in [-0.4, -0.2) is 32.0 Å². The molecule has 0 heterocycles. The SMILES string of the molecule is CCCNC(CCC1CC1)COCC(F)(F)F. The number of hydrogen-bond acceptors (Lipinski definition) is 2. The van der Waals surface area contributed by atoms with Gasteiger partial charge in [0.25, 0.3) is 0 Å². The molecule has 1 unspecified atom stereocenters. The lowest BCUT2D eigenvalue weighted by Gasteiger charge is -2.19. The summed E-state index contributed by atoms with van der Waals surface area (Å²) in [4.78, 5) is 0. The van der Waals surface area contributed by atoms with Gasteiger partial charge in [0.05, 0.1) is 6.61 Å². The molecule has 0 bridgehead atoms. The average Bonchev–Trinajstić information content (AvgIpc) is 3.03. The standard InChI is InChI=1S/C12H22F3NO/c1-2-7-16-11(6-5-10-3-4-10)8-17-9-12(13,14)15/h10-11,16H,2-9H2,1H3. The van der Waals surface area contributed by atoms with E-state index in [0.29, 0.717) is 0 Å². The molecule has 0 aromatic rings. The highest BCUT2D eigenvalue weighted by molar-refractivity contribution is 4.76. The van der Waals surface area contributed by atoms with Crippen LogP contribution >= 0.6 is 0 Å². The van der Waals surface area contributed by atoms with Crippen LogP contribution in [0.3, 0.4) is 0 Å². The molecule has 17 heavy (non-hydrogen) atoms. The number of alkyl halides is 3. The number of nitrogens with one attached hydrogen (secondary N) is 1. The summed E-state index contributed by atoms with van der Waals surface area (Å²) in [6.07, 6.45) is 1.36. The third-order valence-electron chi connectivity index (χ3n) is 2.89. The minimum Gasteiger partial charge on any atom is -0.370 e. The van der Waals surface area contributed by atoms with Gasteiger partial charge in [0, 0.05) is 6.04 Å². The minimum atomic E-state index is -4.22. The maximum absolute atomic E-state index is 11.9. The van der Waals surface area contributed by atoms with E-state index in [0.717, 1.165) is 31.7 Å². The molecule has 0 aromatic carbocycles. The second-order valence-electron chi connectivity index (χ2n) is 4.80. The van der Waals surface area contributed by atoms with Gasteiger partial charge in [-0.05, 0) is 31.7 Å². The Morgan fingerprint density at radius 2 is 2.06 bits per heavy atom. The molecule has 5 heteroatoms. The second kappa shape index (κ2) is 7.21. The van der Waals surface area contributed by atoms with Crippen molar-refractivity contribution in [2.24, 2.45) is 5.92 Å². The summed E-state index contributed by atoms with van der Waals surface area (Å²) >= 11 is 0. The van der Waals surface area contributed by atoms with Crippen molar-refractivity contribution in [3.63, 3.8) is 0 Å². The fourth-order valence-corrected chi connectivity index (χ4v) is 1.75. The first-order valence-corrected chi connectivity index (χ1v) is 6.39. The van der Waals surface area contributed by atoms with E-state index in [9.17, 15) is 13.2 Å². The Hall–Kier alpha value is -0.290. The molecule has 0 saturated heterocycles. The van der Waals surface area contributed by atoms with Gasteiger partial charge in [0.15, 0.2) is 0 Å². The van der Waals surface area contributed by atoms with Crippen molar-refractivity contribution in [2.45, 2.75) is 51.2 Å². The van der Waals surface area contributed by atoms with E-state index < -0.39 is 12.8 Å². The number of halogens is 3. The zero-order valence-corrected chi connectivity index (χ0v) is 10.4. The van der Waals surface area contributed by atoms with Gasteiger partial charge in [-0.1, -0.05) is 19.8 Å². The van der Waals surface area contributed by atoms with E-state index in [-0.39, 0.29) is 12.6 Å². The monoisotopic (exact) mass is 253 g/mol. The molecule has 1 atom stereocenters. The lowest BCUT2D eigenvalue weighted by atomic mass is 10.1. The summed E-state index contributed by atoms with van der Waals surface area (Å²) in [6.45, 7) is 1.90. The van der Waals surface area contributed by atoms with E-state index in [4.69, 9.17) is 4.74 Å². The van der Waals surface area contributed by atoms with E-state index in [1.54, 1.807) is 0 Å². The molecule has 0 radical (unpaired) electrons. The molecule has 2 nitrogen and oxygen atoms in total. The van der Waals surface area contributed by atoms with Crippen molar-refractivity contribution in [3.05, 3.63) is 0 Å². The third kappa shape index (κ3) is 8.44. The van der Waals surface area contributed by atoms with Gasteiger partial charge in [0.2, 0.25) is 0 Å². The molecule has 1 rings (SSSR count). The Morgan fingerprint density at radius 3 is 2.59 bits per heavy atom. The van der Waals surface area contributed by atoms with Crippen molar-refractivity contribution >= 4 is 0 Å². The maximum Gasteiger partial charge on any atom is 0.411 e. The van der Waals surface area contributed by atoms with E-state index in [2.05, 4.69) is 5.32 Å². The molecule has 1 fully saturated rings. The van der Waals surface area contributed by atoms with Crippen LogP contribution in [0.1, 0.15) is 39.0 Å². The molecule has 102 valence electrons. The summed E-state index contributed by atoms with van der Waals surface area (Å²) in [5, 5.41) is 3.25. The Kier molecular flexibility index (Phi) is 6.27. The number of hydrogen-bond donors (Lipinski definition) is 1. The van der Waals surface area contributed by atoms with Gasteiger partial charge in [-0.25, -0.2) is 0 Å². The number of rotatable bonds is 9. The fraction of sp³-hybridized carbons (Fsp3) is 1.00. The highest BCUT2D eigenvalue weighted by atomic mass is 19.4. The van der Waals surface area contributed by atoms with Crippen LogP contribution in [0.4, 0.5) is 13.2 Å². The molecular formula is C12H22F3NO.